The van der Waals surface area contributed by atoms with Crippen LogP contribution >= 0.6 is 27.5 Å². The van der Waals surface area contributed by atoms with Crippen LogP contribution in [0.1, 0.15) is 11.1 Å². The number of hydroxylamine groups is 1. The Bertz CT molecular complexity index is 626. The Balaban J connectivity index is 1.79. The van der Waals surface area contributed by atoms with Gasteiger partial charge in [0.1, 0.15) is 5.75 Å². The number of amides is 1. The second kappa shape index (κ2) is 8.17. The Kier molecular flexibility index (Phi) is 6.24. The second-order valence-electron chi connectivity index (χ2n) is 4.62. The molecule has 22 heavy (non-hydrogen) atoms. The highest BCUT2D eigenvalue weighted by atomic mass is 79.9. The lowest BCUT2D eigenvalue weighted by Gasteiger charge is -2.11. The van der Waals surface area contributed by atoms with Crippen LogP contribution in [0.25, 0.3) is 0 Å². The fourth-order valence-corrected chi connectivity index (χ4v) is 2.84. The molecule has 4 nitrogen and oxygen atoms in total. The molecule has 0 aromatic heterocycles. The fraction of sp³-hybridized carbons (Fsp3) is 0.188. The van der Waals surface area contributed by atoms with Crippen LogP contribution in [0, 0.1) is 6.92 Å². The molecule has 116 valence electrons. The Morgan fingerprint density at radius 2 is 2.00 bits per heavy atom. The standard InChI is InChI=1S/C16H15BrClNO3/c1-11-7-13(17)8-14(18)16(11)21-10-15(20)19-22-9-12-5-3-2-4-6-12/h2-8H,9-10H2,1H3,(H,19,20). The maximum absolute atomic E-state index is 11.7. The van der Waals surface area contributed by atoms with Crippen molar-refractivity contribution < 1.29 is 14.4 Å². The average Bonchev–Trinajstić information content (AvgIpc) is 2.47. The predicted octanol–water partition coefficient (Wildman–Crippen LogP) is 4.04. The molecule has 2 rings (SSSR count). The fourth-order valence-electron chi connectivity index (χ4n) is 1.81. The molecule has 0 unspecified atom stereocenters. The van der Waals surface area contributed by atoms with Crippen LogP contribution in [-0.2, 0) is 16.2 Å². The van der Waals surface area contributed by atoms with Crippen molar-refractivity contribution in [2.75, 3.05) is 6.61 Å². The summed E-state index contributed by atoms with van der Waals surface area (Å²) in [7, 11) is 0. The summed E-state index contributed by atoms with van der Waals surface area (Å²) in [5.41, 5.74) is 4.15. The Morgan fingerprint density at radius 1 is 1.27 bits per heavy atom. The van der Waals surface area contributed by atoms with E-state index in [1.54, 1.807) is 6.07 Å². The number of benzene rings is 2. The van der Waals surface area contributed by atoms with Crippen molar-refractivity contribution in [1.29, 1.82) is 0 Å². The number of hydrogen-bond donors (Lipinski definition) is 1. The molecule has 0 spiro atoms. The molecule has 0 radical (unpaired) electrons. The minimum absolute atomic E-state index is 0.170. The van der Waals surface area contributed by atoms with Gasteiger partial charge in [-0.25, -0.2) is 5.48 Å². The maximum atomic E-state index is 11.7. The first-order valence-corrected chi connectivity index (χ1v) is 7.76. The lowest BCUT2D eigenvalue weighted by atomic mass is 10.2. The Labute approximate surface area is 142 Å². The monoisotopic (exact) mass is 383 g/mol. The second-order valence-corrected chi connectivity index (χ2v) is 5.94. The molecule has 6 heteroatoms. The van der Waals surface area contributed by atoms with Gasteiger partial charge in [-0.2, -0.15) is 0 Å². The number of nitrogens with one attached hydrogen (secondary N) is 1. The predicted molar refractivity (Wildman–Crippen MR) is 88.8 cm³/mol. The zero-order valence-corrected chi connectivity index (χ0v) is 14.3. The molecule has 0 fully saturated rings. The normalized spacial score (nSPS) is 10.3. The molecule has 0 aliphatic carbocycles. The first-order valence-electron chi connectivity index (χ1n) is 6.59. The number of ether oxygens (including phenoxy) is 1. The van der Waals surface area contributed by atoms with E-state index in [2.05, 4.69) is 21.4 Å². The van der Waals surface area contributed by atoms with Crippen molar-refractivity contribution in [1.82, 2.24) is 5.48 Å². The summed E-state index contributed by atoms with van der Waals surface area (Å²) in [6, 6.07) is 13.1. The SMILES string of the molecule is Cc1cc(Br)cc(Cl)c1OCC(=O)NOCc1ccccc1. The number of halogens is 2. The number of rotatable bonds is 6. The zero-order valence-electron chi connectivity index (χ0n) is 11.9. The van der Waals surface area contributed by atoms with Gasteiger partial charge in [0, 0.05) is 4.47 Å². The van der Waals surface area contributed by atoms with Gasteiger partial charge < -0.3 is 4.74 Å². The van der Waals surface area contributed by atoms with Gasteiger partial charge in [-0.1, -0.05) is 57.9 Å². The van der Waals surface area contributed by atoms with E-state index in [0.717, 1.165) is 15.6 Å². The molecule has 0 heterocycles. The third-order valence-electron chi connectivity index (χ3n) is 2.81. The molecule has 0 aliphatic rings. The Hall–Kier alpha value is -1.56. The van der Waals surface area contributed by atoms with Gasteiger partial charge in [-0.05, 0) is 30.2 Å². The van der Waals surface area contributed by atoms with Crippen molar-refractivity contribution >= 4 is 33.4 Å². The van der Waals surface area contributed by atoms with Gasteiger partial charge in [0.15, 0.2) is 6.61 Å². The molecule has 0 atom stereocenters. The summed E-state index contributed by atoms with van der Waals surface area (Å²) >= 11 is 9.43. The zero-order chi connectivity index (χ0) is 15.9. The summed E-state index contributed by atoms with van der Waals surface area (Å²) in [5.74, 6) is 0.109. The molecule has 0 aliphatic heterocycles. The largest absolute Gasteiger partial charge is 0.482 e. The number of aryl methyl sites for hydroxylation is 1. The van der Waals surface area contributed by atoms with Gasteiger partial charge in [0.05, 0.1) is 11.6 Å². The molecule has 0 saturated heterocycles. The van der Waals surface area contributed by atoms with Crippen LogP contribution in [0.4, 0.5) is 0 Å². The van der Waals surface area contributed by atoms with Crippen LogP contribution < -0.4 is 10.2 Å². The maximum Gasteiger partial charge on any atom is 0.281 e. The summed E-state index contributed by atoms with van der Waals surface area (Å²) in [6.45, 7) is 1.98. The first kappa shape index (κ1) is 16.8. The molecule has 2 aromatic carbocycles. The number of carbonyl (C=O) groups is 1. The highest BCUT2D eigenvalue weighted by molar-refractivity contribution is 9.10. The minimum atomic E-state index is -0.380. The van der Waals surface area contributed by atoms with E-state index >= 15 is 0 Å². The van der Waals surface area contributed by atoms with E-state index in [9.17, 15) is 4.79 Å². The van der Waals surface area contributed by atoms with Gasteiger partial charge >= 0.3 is 0 Å². The van der Waals surface area contributed by atoms with E-state index in [1.807, 2.05) is 43.3 Å². The van der Waals surface area contributed by atoms with E-state index < -0.39 is 0 Å². The summed E-state index contributed by atoms with van der Waals surface area (Å²) in [6.07, 6.45) is 0. The summed E-state index contributed by atoms with van der Waals surface area (Å²) in [4.78, 5) is 16.8. The molecule has 1 N–H and O–H groups in total. The van der Waals surface area contributed by atoms with Gasteiger partial charge in [-0.15, -0.1) is 0 Å². The highest BCUT2D eigenvalue weighted by Gasteiger charge is 2.10. The van der Waals surface area contributed by atoms with Crippen LogP contribution in [0.5, 0.6) is 5.75 Å². The first-order chi connectivity index (χ1) is 10.6. The minimum Gasteiger partial charge on any atom is -0.482 e. The quantitative estimate of drug-likeness (QED) is 0.765. The van der Waals surface area contributed by atoms with Crippen molar-refractivity contribution in [3.05, 3.63) is 63.1 Å². The van der Waals surface area contributed by atoms with Crippen LogP contribution in [0.2, 0.25) is 5.02 Å². The summed E-state index contributed by atoms with van der Waals surface area (Å²) < 4.78 is 6.30. The van der Waals surface area contributed by atoms with E-state index in [4.69, 9.17) is 21.2 Å². The molecular weight excluding hydrogens is 370 g/mol. The average molecular weight is 385 g/mol. The van der Waals surface area contributed by atoms with Crippen molar-refractivity contribution in [3.8, 4) is 5.75 Å². The molecule has 0 bridgehead atoms. The lowest BCUT2D eigenvalue weighted by Crippen LogP contribution is -2.29. The van der Waals surface area contributed by atoms with Crippen LogP contribution in [-0.4, -0.2) is 12.5 Å². The van der Waals surface area contributed by atoms with Gasteiger partial charge in [0.25, 0.3) is 5.91 Å². The summed E-state index contributed by atoms with van der Waals surface area (Å²) in [5, 5.41) is 0.449. The molecular formula is C16H15BrClNO3. The smallest absolute Gasteiger partial charge is 0.281 e. The van der Waals surface area contributed by atoms with Gasteiger partial charge in [-0.3, -0.25) is 9.63 Å². The highest BCUT2D eigenvalue weighted by Crippen LogP contribution is 2.31. The third-order valence-corrected chi connectivity index (χ3v) is 3.55. The molecule has 1 amide bonds. The van der Waals surface area contributed by atoms with Crippen LogP contribution in [0.3, 0.4) is 0 Å². The van der Waals surface area contributed by atoms with Gasteiger partial charge in [0.2, 0.25) is 0 Å². The topological polar surface area (TPSA) is 47.6 Å². The lowest BCUT2D eigenvalue weighted by molar-refractivity contribution is -0.136. The van der Waals surface area contributed by atoms with Crippen molar-refractivity contribution in [2.45, 2.75) is 13.5 Å². The Morgan fingerprint density at radius 3 is 2.68 bits per heavy atom. The van der Waals surface area contributed by atoms with E-state index in [-0.39, 0.29) is 12.5 Å². The number of hydrogen-bond acceptors (Lipinski definition) is 3. The van der Waals surface area contributed by atoms with Crippen LogP contribution in [0.15, 0.2) is 46.9 Å². The number of carbonyl (C=O) groups excluding carboxylic acids is 1. The van der Waals surface area contributed by atoms with E-state index in [1.165, 1.54) is 0 Å². The van der Waals surface area contributed by atoms with Crippen molar-refractivity contribution in [2.24, 2.45) is 0 Å². The van der Waals surface area contributed by atoms with E-state index in [0.29, 0.717) is 17.4 Å². The molecule has 2 aromatic rings. The van der Waals surface area contributed by atoms with Crippen molar-refractivity contribution in [3.63, 3.8) is 0 Å². The third kappa shape index (κ3) is 5.02. The molecule has 0 saturated carbocycles.